The Bertz CT molecular complexity index is 1250. The average Bonchev–Trinajstić information content (AvgIpc) is 3.24. The van der Waals surface area contributed by atoms with E-state index < -0.39 is 45.3 Å². The minimum absolute atomic E-state index is 0.0894. The number of alkyl halides is 3. The number of aliphatic hydroxyl groups is 2. The summed E-state index contributed by atoms with van der Waals surface area (Å²) < 4.78 is 82.0. The van der Waals surface area contributed by atoms with Gasteiger partial charge < -0.3 is 15.1 Å². The number of sulfonamides is 1. The third kappa shape index (κ3) is 4.81. The number of carbonyl (C=O) groups excluding carboxylic acids is 1. The van der Waals surface area contributed by atoms with Crippen LogP contribution >= 0.6 is 0 Å². The van der Waals surface area contributed by atoms with Gasteiger partial charge in [-0.05, 0) is 67.6 Å². The lowest BCUT2D eigenvalue weighted by molar-refractivity contribution is -0.258. The monoisotopic (exact) mass is 530 g/mol. The summed E-state index contributed by atoms with van der Waals surface area (Å²) >= 11 is 0. The van der Waals surface area contributed by atoms with Crippen LogP contribution in [-0.4, -0.2) is 60.8 Å². The number of aryl methyl sites for hydroxylation is 1. The first-order chi connectivity index (χ1) is 16.7. The molecule has 2 aromatic carbocycles. The second-order valence-electron chi connectivity index (χ2n) is 9.35. The number of β-amino-alcohol motifs (C(OH)–C–C–N with tert-alkyl or cyclic N) is 1. The Kier molecular flexibility index (Phi) is 6.82. The molecule has 2 aliphatic rings. The predicted octanol–water partition coefficient (Wildman–Crippen LogP) is 3.09. The number of nitrogens with zero attached hydrogens (tertiary/aromatic N) is 2. The van der Waals surface area contributed by atoms with E-state index in [0.29, 0.717) is 19.9 Å². The van der Waals surface area contributed by atoms with Crippen molar-refractivity contribution >= 4 is 21.6 Å². The Morgan fingerprint density at radius 1 is 1.11 bits per heavy atom. The standard InChI is InChI=1S/C24H26F4N2O5S/c1-23(33,24(26,27)28)16-3-9-21-15(12-16)2-6-18(13-22(32)29-11-10-19(31)14-29)30(21)36(34,35)20-7-4-17(25)5-8-20/h3-5,7-9,12,18-19,31,33H,2,6,10-11,13-14H2,1H3/t18-,19+,23?/m0/s1. The molecule has 1 unspecified atom stereocenters. The molecular formula is C24H26F4N2O5S. The largest absolute Gasteiger partial charge is 0.421 e. The quantitative estimate of drug-likeness (QED) is 0.579. The molecule has 2 N–H and O–H groups in total. The average molecular weight is 531 g/mol. The smallest absolute Gasteiger partial charge is 0.391 e. The SMILES string of the molecule is CC(O)(c1ccc2c(c1)CC[C@@H](CC(=O)N1CC[C@@H](O)C1)N2S(=O)(=O)c1ccc(F)cc1)C(F)(F)F. The molecule has 1 fully saturated rings. The van der Waals surface area contributed by atoms with Crippen molar-refractivity contribution in [2.45, 2.75) is 61.4 Å². The number of halogens is 4. The summed E-state index contributed by atoms with van der Waals surface area (Å²) in [5, 5.41) is 19.9. The highest BCUT2D eigenvalue weighted by Crippen LogP contribution is 2.43. The molecule has 0 bridgehead atoms. The van der Waals surface area contributed by atoms with Crippen LogP contribution in [-0.2, 0) is 26.8 Å². The Balaban J connectivity index is 1.76. The Labute approximate surface area is 206 Å². The topological polar surface area (TPSA) is 98.1 Å². The number of likely N-dealkylation sites (tertiary alicyclic amines) is 1. The van der Waals surface area contributed by atoms with Crippen molar-refractivity contribution in [1.29, 1.82) is 0 Å². The maximum atomic E-state index is 13.7. The molecule has 1 saturated heterocycles. The first-order valence-corrected chi connectivity index (χ1v) is 12.8. The van der Waals surface area contributed by atoms with Gasteiger partial charge in [-0.25, -0.2) is 12.8 Å². The zero-order chi connectivity index (χ0) is 26.5. The van der Waals surface area contributed by atoms with Gasteiger partial charge in [0.2, 0.25) is 5.91 Å². The highest BCUT2D eigenvalue weighted by Gasteiger charge is 2.51. The minimum atomic E-state index is -4.95. The molecule has 1 amide bonds. The van der Waals surface area contributed by atoms with E-state index in [1.807, 2.05) is 0 Å². The third-order valence-electron chi connectivity index (χ3n) is 6.81. The maximum Gasteiger partial charge on any atom is 0.421 e. The zero-order valence-electron chi connectivity index (χ0n) is 19.4. The number of anilines is 1. The fourth-order valence-electron chi connectivity index (χ4n) is 4.63. The van der Waals surface area contributed by atoms with E-state index in [9.17, 15) is 41.0 Å². The van der Waals surface area contributed by atoms with Gasteiger partial charge in [-0.15, -0.1) is 0 Å². The summed E-state index contributed by atoms with van der Waals surface area (Å²) in [5.74, 6) is -0.998. The van der Waals surface area contributed by atoms with Crippen LogP contribution in [0, 0.1) is 5.82 Å². The van der Waals surface area contributed by atoms with Crippen LogP contribution < -0.4 is 4.31 Å². The molecule has 2 aromatic rings. The second kappa shape index (κ2) is 9.31. The van der Waals surface area contributed by atoms with E-state index in [4.69, 9.17) is 0 Å². The summed E-state index contributed by atoms with van der Waals surface area (Å²) in [6.07, 6.45) is -5.08. The first kappa shape index (κ1) is 26.4. The summed E-state index contributed by atoms with van der Waals surface area (Å²) in [5.41, 5.74) is -3.23. The van der Waals surface area contributed by atoms with E-state index in [-0.39, 0.29) is 47.9 Å². The number of hydrogen-bond donors (Lipinski definition) is 2. The van der Waals surface area contributed by atoms with Crippen LogP contribution in [0.4, 0.5) is 23.2 Å². The van der Waals surface area contributed by atoms with Crippen molar-refractivity contribution in [3.05, 3.63) is 59.4 Å². The molecule has 36 heavy (non-hydrogen) atoms. The van der Waals surface area contributed by atoms with Crippen LogP contribution in [0.5, 0.6) is 0 Å². The van der Waals surface area contributed by atoms with Crippen molar-refractivity contribution < 1.29 is 41.0 Å². The van der Waals surface area contributed by atoms with Crippen molar-refractivity contribution in [3.8, 4) is 0 Å². The number of hydrogen-bond acceptors (Lipinski definition) is 5. The predicted molar refractivity (Wildman–Crippen MR) is 122 cm³/mol. The first-order valence-electron chi connectivity index (χ1n) is 11.4. The summed E-state index contributed by atoms with van der Waals surface area (Å²) in [4.78, 5) is 14.1. The molecule has 0 aliphatic carbocycles. The molecule has 196 valence electrons. The molecule has 7 nitrogen and oxygen atoms in total. The van der Waals surface area contributed by atoms with E-state index in [1.165, 1.54) is 11.0 Å². The van der Waals surface area contributed by atoms with Gasteiger partial charge in [0, 0.05) is 19.5 Å². The molecule has 2 aliphatic heterocycles. The van der Waals surface area contributed by atoms with Crippen molar-refractivity contribution in [3.63, 3.8) is 0 Å². The lowest BCUT2D eigenvalue weighted by atomic mass is 9.89. The molecule has 4 rings (SSSR count). The van der Waals surface area contributed by atoms with Gasteiger partial charge in [-0.3, -0.25) is 9.10 Å². The molecule has 0 aromatic heterocycles. The van der Waals surface area contributed by atoms with Gasteiger partial charge in [0.25, 0.3) is 10.0 Å². The summed E-state index contributed by atoms with van der Waals surface area (Å²) in [7, 11) is -4.34. The van der Waals surface area contributed by atoms with E-state index in [0.717, 1.165) is 40.7 Å². The van der Waals surface area contributed by atoms with Crippen molar-refractivity contribution in [2.24, 2.45) is 0 Å². The van der Waals surface area contributed by atoms with Crippen LogP contribution in [0.2, 0.25) is 0 Å². The van der Waals surface area contributed by atoms with Gasteiger partial charge >= 0.3 is 6.18 Å². The van der Waals surface area contributed by atoms with Gasteiger partial charge in [-0.1, -0.05) is 12.1 Å². The number of fused-ring (bicyclic) bond motifs is 1. The molecule has 0 saturated carbocycles. The zero-order valence-corrected chi connectivity index (χ0v) is 20.2. The normalized spacial score (nSPS) is 22.3. The van der Waals surface area contributed by atoms with Crippen LogP contribution in [0.15, 0.2) is 47.4 Å². The van der Waals surface area contributed by atoms with Gasteiger partial charge in [-0.2, -0.15) is 13.2 Å². The number of carbonyl (C=O) groups is 1. The number of amides is 1. The number of benzene rings is 2. The lowest BCUT2D eigenvalue weighted by Crippen LogP contribution is -2.47. The lowest BCUT2D eigenvalue weighted by Gasteiger charge is -2.39. The van der Waals surface area contributed by atoms with Crippen molar-refractivity contribution in [2.75, 3.05) is 17.4 Å². The maximum absolute atomic E-state index is 13.7. The summed E-state index contributed by atoms with van der Waals surface area (Å²) in [6, 6.07) is 6.61. The molecule has 2 heterocycles. The highest BCUT2D eigenvalue weighted by molar-refractivity contribution is 7.92. The van der Waals surface area contributed by atoms with Gasteiger partial charge in [0.15, 0.2) is 5.60 Å². The van der Waals surface area contributed by atoms with Gasteiger partial charge in [0.1, 0.15) is 5.82 Å². The number of rotatable bonds is 5. The van der Waals surface area contributed by atoms with Crippen LogP contribution in [0.1, 0.15) is 37.3 Å². The van der Waals surface area contributed by atoms with Crippen molar-refractivity contribution in [1.82, 2.24) is 4.90 Å². The van der Waals surface area contributed by atoms with E-state index in [2.05, 4.69) is 0 Å². The fourth-order valence-corrected chi connectivity index (χ4v) is 6.35. The fraction of sp³-hybridized carbons (Fsp3) is 0.458. The van der Waals surface area contributed by atoms with E-state index >= 15 is 0 Å². The molecule has 12 heteroatoms. The second-order valence-corrected chi connectivity index (χ2v) is 11.2. The Morgan fingerprint density at radius 2 is 1.78 bits per heavy atom. The third-order valence-corrected chi connectivity index (χ3v) is 8.69. The highest BCUT2D eigenvalue weighted by atomic mass is 32.2. The van der Waals surface area contributed by atoms with Gasteiger partial charge in [0.05, 0.1) is 22.7 Å². The number of aliphatic hydroxyl groups excluding tert-OH is 1. The Hall–Kier alpha value is -2.70. The Morgan fingerprint density at radius 3 is 2.36 bits per heavy atom. The minimum Gasteiger partial charge on any atom is -0.391 e. The van der Waals surface area contributed by atoms with Crippen LogP contribution in [0.3, 0.4) is 0 Å². The molecule has 0 radical (unpaired) electrons. The van der Waals surface area contributed by atoms with Crippen LogP contribution in [0.25, 0.3) is 0 Å². The molecular weight excluding hydrogens is 504 g/mol. The van der Waals surface area contributed by atoms with E-state index in [1.54, 1.807) is 0 Å². The summed E-state index contributed by atoms with van der Waals surface area (Å²) in [6.45, 7) is 1.10. The molecule has 3 atom stereocenters. The molecule has 0 spiro atoms.